The van der Waals surface area contributed by atoms with E-state index < -0.39 is 11.6 Å². The van der Waals surface area contributed by atoms with Crippen molar-refractivity contribution in [1.82, 2.24) is 0 Å². The van der Waals surface area contributed by atoms with Gasteiger partial charge in [-0.15, -0.1) is 0 Å². The first-order chi connectivity index (χ1) is 15.6. The van der Waals surface area contributed by atoms with Gasteiger partial charge in [-0.1, -0.05) is 82.3 Å². The number of rotatable bonds is 7. The van der Waals surface area contributed by atoms with Gasteiger partial charge in [0.2, 0.25) is 0 Å². The van der Waals surface area contributed by atoms with Crippen LogP contribution >= 0.6 is 0 Å². The molecule has 2 unspecified atom stereocenters. The molecular weight excluding hydrogens is 402 g/mol. The zero-order chi connectivity index (χ0) is 22.5. The van der Waals surface area contributed by atoms with E-state index >= 15 is 8.78 Å². The average Bonchev–Trinajstić information content (AvgIpc) is 2.83. The number of benzene rings is 2. The first kappa shape index (κ1) is 23.4. The third kappa shape index (κ3) is 5.25. The van der Waals surface area contributed by atoms with Crippen molar-refractivity contribution in [3.8, 4) is 11.1 Å². The summed E-state index contributed by atoms with van der Waals surface area (Å²) in [6.45, 7) is 4.91. The molecule has 0 N–H and O–H groups in total. The summed E-state index contributed by atoms with van der Waals surface area (Å²) < 4.78 is 36.3. The van der Waals surface area contributed by atoms with Crippen LogP contribution < -0.4 is 0 Å². The highest BCUT2D eigenvalue weighted by molar-refractivity contribution is 5.65. The summed E-state index contributed by atoms with van der Waals surface area (Å²) in [5.41, 5.74) is 2.76. The molecule has 3 heteroatoms. The van der Waals surface area contributed by atoms with Crippen LogP contribution in [0.1, 0.15) is 88.7 Å². The van der Waals surface area contributed by atoms with Crippen molar-refractivity contribution < 1.29 is 13.5 Å². The Balaban J connectivity index is 1.38. The zero-order valence-electron chi connectivity index (χ0n) is 19.7. The minimum Gasteiger partial charge on any atom is -0.377 e. The maximum absolute atomic E-state index is 15.1. The Bertz CT molecular complexity index is 859. The molecule has 0 amide bonds. The van der Waals surface area contributed by atoms with Gasteiger partial charge in [0.1, 0.15) is 0 Å². The maximum Gasteiger partial charge on any atom is 0.166 e. The van der Waals surface area contributed by atoms with Gasteiger partial charge in [-0.05, 0) is 60.6 Å². The predicted octanol–water partition coefficient (Wildman–Crippen LogP) is 8.45. The third-order valence-electron chi connectivity index (χ3n) is 7.78. The van der Waals surface area contributed by atoms with Crippen LogP contribution in [0.15, 0.2) is 36.4 Å². The van der Waals surface area contributed by atoms with Crippen LogP contribution in [0.4, 0.5) is 8.78 Å². The van der Waals surface area contributed by atoms with E-state index in [0.717, 1.165) is 37.2 Å². The lowest BCUT2D eigenvalue weighted by Crippen LogP contribution is -2.33. The molecule has 4 rings (SSSR count). The van der Waals surface area contributed by atoms with Crippen LogP contribution in [0.3, 0.4) is 0 Å². The van der Waals surface area contributed by atoms with Crippen LogP contribution in [0, 0.1) is 23.5 Å². The monoisotopic (exact) mass is 440 g/mol. The number of aryl methyl sites for hydroxylation is 1. The summed E-state index contributed by atoms with van der Waals surface area (Å²) in [6.07, 6.45) is 12.0. The quantitative estimate of drug-likeness (QED) is 0.419. The van der Waals surface area contributed by atoms with Crippen molar-refractivity contribution >= 4 is 0 Å². The van der Waals surface area contributed by atoms with Gasteiger partial charge in [-0.25, -0.2) is 8.78 Å². The molecule has 1 aliphatic heterocycles. The topological polar surface area (TPSA) is 9.23 Å². The molecule has 174 valence electrons. The van der Waals surface area contributed by atoms with Gasteiger partial charge in [0.05, 0.1) is 12.7 Å². The van der Waals surface area contributed by atoms with Gasteiger partial charge in [-0.3, -0.25) is 0 Å². The van der Waals surface area contributed by atoms with Crippen molar-refractivity contribution in [2.45, 2.75) is 90.1 Å². The molecule has 2 aromatic rings. The Hall–Kier alpha value is -1.74. The summed E-state index contributed by atoms with van der Waals surface area (Å²) in [6, 6.07) is 11.3. The Morgan fingerprint density at radius 3 is 2.19 bits per heavy atom. The van der Waals surface area contributed by atoms with E-state index in [1.807, 2.05) is 24.3 Å². The molecule has 2 aliphatic rings. The molecule has 2 fully saturated rings. The van der Waals surface area contributed by atoms with Gasteiger partial charge in [0.15, 0.2) is 11.6 Å². The number of hydrogen-bond acceptors (Lipinski definition) is 1. The zero-order valence-corrected chi connectivity index (χ0v) is 19.7. The highest BCUT2D eigenvalue weighted by Crippen LogP contribution is 2.40. The van der Waals surface area contributed by atoms with E-state index in [4.69, 9.17) is 4.74 Å². The van der Waals surface area contributed by atoms with Gasteiger partial charge < -0.3 is 4.74 Å². The van der Waals surface area contributed by atoms with Crippen LogP contribution in [-0.2, 0) is 11.2 Å². The fraction of sp³-hybridized carbons (Fsp3) is 0.586. The van der Waals surface area contributed by atoms with E-state index in [-0.39, 0.29) is 5.92 Å². The van der Waals surface area contributed by atoms with E-state index in [2.05, 4.69) is 13.8 Å². The molecule has 32 heavy (non-hydrogen) atoms. The summed E-state index contributed by atoms with van der Waals surface area (Å²) in [7, 11) is 0. The molecular formula is C29H38F2O. The van der Waals surface area contributed by atoms with E-state index in [0.29, 0.717) is 29.8 Å². The summed E-state index contributed by atoms with van der Waals surface area (Å²) in [5.74, 6) is 0.0437. The summed E-state index contributed by atoms with van der Waals surface area (Å²) in [4.78, 5) is 0. The molecule has 0 radical (unpaired) electrons. The van der Waals surface area contributed by atoms with Gasteiger partial charge >= 0.3 is 0 Å². The first-order valence-electron chi connectivity index (χ1n) is 12.8. The predicted molar refractivity (Wildman–Crippen MR) is 128 cm³/mol. The standard InChI is InChI=1S/C29H38F2O/c1-3-5-20-7-11-22(12-8-20)25-16-17-26(29(31)28(25)30)24-15-18-27(32-19-24)23-13-9-21(6-4-2)10-14-23/h7-8,11-12,16-17,21,23-24,27H,3-6,9-10,13-15,18-19H2,1-2H3. The Morgan fingerprint density at radius 2 is 1.56 bits per heavy atom. The minimum absolute atomic E-state index is 0.0573. The molecule has 1 nitrogen and oxygen atoms in total. The molecule has 1 saturated carbocycles. The van der Waals surface area contributed by atoms with Crippen molar-refractivity contribution in [1.29, 1.82) is 0 Å². The van der Waals surface area contributed by atoms with Crippen molar-refractivity contribution in [2.24, 2.45) is 11.8 Å². The molecule has 2 atom stereocenters. The van der Waals surface area contributed by atoms with Crippen molar-refractivity contribution in [2.75, 3.05) is 6.61 Å². The minimum atomic E-state index is -0.734. The highest BCUT2D eigenvalue weighted by Gasteiger charge is 2.33. The lowest BCUT2D eigenvalue weighted by molar-refractivity contribution is -0.0440. The van der Waals surface area contributed by atoms with Crippen molar-refractivity contribution in [3.63, 3.8) is 0 Å². The fourth-order valence-electron chi connectivity index (χ4n) is 5.89. The van der Waals surface area contributed by atoms with Crippen LogP contribution in [0.2, 0.25) is 0 Å². The van der Waals surface area contributed by atoms with Crippen LogP contribution in [0.25, 0.3) is 11.1 Å². The second kappa shape index (κ2) is 10.9. The Kier molecular flexibility index (Phi) is 7.99. The van der Waals surface area contributed by atoms with Crippen LogP contribution in [0.5, 0.6) is 0 Å². The number of hydrogen-bond donors (Lipinski definition) is 0. The molecule has 0 spiro atoms. The van der Waals surface area contributed by atoms with Gasteiger partial charge in [0, 0.05) is 11.5 Å². The normalized spacial score (nSPS) is 26.2. The molecule has 0 aromatic heterocycles. The largest absolute Gasteiger partial charge is 0.377 e. The number of halogens is 2. The fourth-order valence-corrected chi connectivity index (χ4v) is 5.89. The third-order valence-corrected chi connectivity index (χ3v) is 7.78. The molecule has 2 aromatic carbocycles. The SMILES string of the molecule is CCCc1ccc(-c2ccc(C3CCC(C4CCC(CCC)CC4)OC3)c(F)c2F)cc1. The van der Waals surface area contributed by atoms with E-state index in [1.54, 1.807) is 12.1 Å². The molecule has 1 aliphatic carbocycles. The summed E-state index contributed by atoms with van der Waals surface area (Å²) >= 11 is 0. The Morgan fingerprint density at radius 1 is 0.812 bits per heavy atom. The molecule has 0 bridgehead atoms. The molecule has 1 heterocycles. The summed E-state index contributed by atoms with van der Waals surface area (Å²) in [5, 5.41) is 0. The highest BCUT2D eigenvalue weighted by atomic mass is 19.2. The van der Waals surface area contributed by atoms with E-state index in [1.165, 1.54) is 44.1 Å². The van der Waals surface area contributed by atoms with Gasteiger partial charge in [-0.2, -0.15) is 0 Å². The first-order valence-corrected chi connectivity index (χ1v) is 12.8. The second-order valence-electron chi connectivity index (χ2n) is 9.99. The lowest BCUT2D eigenvalue weighted by Gasteiger charge is -2.38. The average molecular weight is 441 g/mol. The van der Waals surface area contributed by atoms with E-state index in [9.17, 15) is 0 Å². The second-order valence-corrected chi connectivity index (χ2v) is 9.99. The smallest absolute Gasteiger partial charge is 0.166 e. The maximum atomic E-state index is 15.1. The van der Waals surface area contributed by atoms with Gasteiger partial charge in [0.25, 0.3) is 0 Å². The molecule has 1 saturated heterocycles. The lowest BCUT2D eigenvalue weighted by atomic mass is 9.75. The van der Waals surface area contributed by atoms with Crippen LogP contribution in [-0.4, -0.2) is 12.7 Å². The van der Waals surface area contributed by atoms with Crippen molar-refractivity contribution in [3.05, 3.63) is 59.2 Å². The number of ether oxygens (including phenoxy) is 1. The Labute approximate surface area is 192 Å².